The number of esters is 1. The van der Waals surface area contributed by atoms with Crippen molar-refractivity contribution in [1.29, 1.82) is 0 Å². The number of ether oxygens (including phenoxy) is 2. The quantitative estimate of drug-likeness (QED) is 0.439. The summed E-state index contributed by atoms with van der Waals surface area (Å²) in [6, 6.07) is 11.7. The van der Waals surface area contributed by atoms with Gasteiger partial charge in [-0.05, 0) is 55.2 Å². The average Bonchev–Trinajstić information content (AvgIpc) is 2.78. The van der Waals surface area contributed by atoms with E-state index in [2.05, 4.69) is 17.6 Å². The summed E-state index contributed by atoms with van der Waals surface area (Å²) in [6.07, 6.45) is 2.39. The van der Waals surface area contributed by atoms with E-state index < -0.39 is 12.0 Å². The molecule has 1 aliphatic rings. The molecule has 2 aromatic rings. The zero-order chi connectivity index (χ0) is 23.1. The number of unbranched alkanes of at least 4 members (excludes halogenated alkanes) is 1. The Balaban J connectivity index is 1.80. The molecular weight excluding hydrogens is 451 g/mol. The summed E-state index contributed by atoms with van der Waals surface area (Å²) in [7, 11) is 0. The molecule has 1 heterocycles. The van der Waals surface area contributed by atoms with Crippen LogP contribution in [0.5, 0.6) is 5.75 Å². The van der Waals surface area contributed by atoms with Crippen molar-refractivity contribution in [3.8, 4) is 5.75 Å². The molecule has 2 aromatic carbocycles. The molecule has 8 heteroatoms. The first-order valence-corrected chi connectivity index (χ1v) is 11.3. The lowest BCUT2D eigenvalue weighted by Gasteiger charge is -2.29. The Morgan fingerprint density at radius 3 is 2.47 bits per heavy atom. The Labute approximate surface area is 197 Å². The number of allylic oxidation sites excluding steroid dienone is 1. The highest BCUT2D eigenvalue weighted by atomic mass is 35.5. The third-order valence-electron chi connectivity index (χ3n) is 5.03. The Bertz CT molecular complexity index is 1010. The van der Waals surface area contributed by atoms with Gasteiger partial charge in [-0.3, -0.25) is 0 Å². The normalized spacial score (nSPS) is 15.8. The monoisotopic (exact) mass is 476 g/mol. The molecule has 0 saturated carbocycles. The van der Waals surface area contributed by atoms with Crippen LogP contribution in [0.3, 0.4) is 0 Å². The van der Waals surface area contributed by atoms with Crippen molar-refractivity contribution in [2.75, 3.05) is 6.61 Å². The lowest BCUT2D eigenvalue weighted by Crippen LogP contribution is -2.46. The minimum absolute atomic E-state index is 0.256. The molecule has 1 unspecified atom stereocenters. The van der Waals surface area contributed by atoms with Crippen LogP contribution in [0, 0.1) is 0 Å². The summed E-state index contributed by atoms with van der Waals surface area (Å²) in [5, 5.41) is 6.59. The van der Waals surface area contributed by atoms with Gasteiger partial charge in [0.15, 0.2) is 0 Å². The minimum atomic E-state index is -0.598. The van der Waals surface area contributed by atoms with Crippen LogP contribution in [0.2, 0.25) is 10.0 Å². The lowest BCUT2D eigenvalue weighted by atomic mass is 9.93. The van der Waals surface area contributed by atoms with Gasteiger partial charge in [0, 0.05) is 5.70 Å². The molecule has 0 radical (unpaired) electrons. The molecule has 0 bridgehead atoms. The maximum absolute atomic E-state index is 12.7. The van der Waals surface area contributed by atoms with Gasteiger partial charge in [-0.25, -0.2) is 9.59 Å². The predicted molar refractivity (Wildman–Crippen MR) is 125 cm³/mol. The molecule has 0 aliphatic carbocycles. The molecule has 2 N–H and O–H groups in total. The van der Waals surface area contributed by atoms with Gasteiger partial charge in [0.1, 0.15) is 12.4 Å². The van der Waals surface area contributed by atoms with Gasteiger partial charge in [0.05, 0.1) is 28.3 Å². The van der Waals surface area contributed by atoms with Crippen molar-refractivity contribution < 1.29 is 19.1 Å². The van der Waals surface area contributed by atoms with Gasteiger partial charge in [-0.1, -0.05) is 54.7 Å². The van der Waals surface area contributed by atoms with E-state index in [0.29, 0.717) is 40.1 Å². The number of halogens is 2. The highest BCUT2D eigenvalue weighted by Gasteiger charge is 2.33. The Kier molecular flexibility index (Phi) is 8.42. The highest BCUT2D eigenvalue weighted by molar-refractivity contribution is 6.42. The second-order valence-corrected chi connectivity index (χ2v) is 8.17. The Morgan fingerprint density at radius 2 is 1.81 bits per heavy atom. The molecule has 0 saturated heterocycles. The number of urea groups is 1. The zero-order valence-corrected chi connectivity index (χ0v) is 19.6. The van der Waals surface area contributed by atoms with Gasteiger partial charge in [0.2, 0.25) is 0 Å². The molecule has 1 aliphatic heterocycles. The van der Waals surface area contributed by atoms with E-state index in [4.69, 9.17) is 32.7 Å². The van der Waals surface area contributed by atoms with Crippen molar-refractivity contribution in [3.05, 3.63) is 74.9 Å². The second kappa shape index (κ2) is 11.2. The number of carbonyl (C=O) groups is 2. The fraction of sp³-hybridized carbons (Fsp3) is 0.333. The smallest absolute Gasteiger partial charge is 0.338 e. The molecule has 3 rings (SSSR count). The Hall–Kier alpha value is -2.70. The van der Waals surface area contributed by atoms with Crippen LogP contribution in [0.25, 0.3) is 0 Å². The number of carbonyl (C=O) groups excluding carboxylic acids is 2. The fourth-order valence-electron chi connectivity index (χ4n) is 3.42. The molecular formula is C24H26Cl2N2O4. The summed E-state index contributed by atoms with van der Waals surface area (Å²) in [4.78, 5) is 25.0. The highest BCUT2D eigenvalue weighted by Crippen LogP contribution is 2.31. The van der Waals surface area contributed by atoms with Crippen molar-refractivity contribution >= 4 is 35.2 Å². The fourth-order valence-corrected chi connectivity index (χ4v) is 3.74. The topological polar surface area (TPSA) is 76.7 Å². The van der Waals surface area contributed by atoms with Crippen LogP contribution in [0.4, 0.5) is 4.79 Å². The van der Waals surface area contributed by atoms with Crippen LogP contribution in [-0.4, -0.2) is 18.6 Å². The Morgan fingerprint density at radius 1 is 1.06 bits per heavy atom. The average molecular weight is 477 g/mol. The largest absolute Gasteiger partial charge is 0.489 e. The number of hydrogen-bond acceptors (Lipinski definition) is 4. The maximum atomic E-state index is 12.7. The SMILES string of the molecule is CCCCC1=C(C(=O)OCC)C(c2ccc(OCc3ccc(Cl)c(Cl)c3)cc2)NC(=O)N1. The van der Waals surface area contributed by atoms with Gasteiger partial charge >= 0.3 is 12.0 Å². The number of hydrogen-bond donors (Lipinski definition) is 2. The van der Waals surface area contributed by atoms with E-state index in [9.17, 15) is 9.59 Å². The van der Waals surface area contributed by atoms with Gasteiger partial charge in [0.25, 0.3) is 0 Å². The molecule has 0 spiro atoms. The molecule has 0 aromatic heterocycles. The van der Waals surface area contributed by atoms with E-state index in [1.165, 1.54) is 0 Å². The van der Waals surface area contributed by atoms with Crippen LogP contribution in [-0.2, 0) is 16.1 Å². The number of amides is 2. The predicted octanol–water partition coefficient (Wildman–Crippen LogP) is 5.93. The van der Waals surface area contributed by atoms with E-state index in [-0.39, 0.29) is 12.6 Å². The molecule has 32 heavy (non-hydrogen) atoms. The first kappa shape index (κ1) is 24.0. The van der Waals surface area contributed by atoms with Gasteiger partial charge in [-0.15, -0.1) is 0 Å². The van der Waals surface area contributed by atoms with Crippen LogP contribution in [0.1, 0.15) is 50.3 Å². The molecule has 0 fully saturated rings. The first-order valence-electron chi connectivity index (χ1n) is 10.6. The number of nitrogens with one attached hydrogen (secondary N) is 2. The molecule has 1 atom stereocenters. The van der Waals surface area contributed by atoms with Gasteiger partial charge in [-0.2, -0.15) is 0 Å². The number of rotatable bonds is 9. The van der Waals surface area contributed by atoms with Crippen molar-refractivity contribution in [1.82, 2.24) is 10.6 Å². The minimum Gasteiger partial charge on any atom is -0.489 e. The summed E-state index contributed by atoms with van der Waals surface area (Å²) >= 11 is 12.0. The third kappa shape index (κ3) is 5.96. The van der Waals surface area contributed by atoms with E-state index >= 15 is 0 Å². The first-order chi connectivity index (χ1) is 15.4. The van der Waals surface area contributed by atoms with E-state index in [1.807, 2.05) is 18.2 Å². The van der Waals surface area contributed by atoms with E-state index in [0.717, 1.165) is 24.0 Å². The van der Waals surface area contributed by atoms with Crippen LogP contribution in [0.15, 0.2) is 53.7 Å². The van der Waals surface area contributed by atoms with Crippen LogP contribution < -0.4 is 15.4 Å². The third-order valence-corrected chi connectivity index (χ3v) is 5.77. The summed E-state index contributed by atoms with van der Waals surface area (Å²) in [5.74, 6) is 0.212. The summed E-state index contributed by atoms with van der Waals surface area (Å²) < 4.78 is 11.1. The number of benzene rings is 2. The molecule has 170 valence electrons. The van der Waals surface area contributed by atoms with E-state index in [1.54, 1.807) is 31.2 Å². The lowest BCUT2D eigenvalue weighted by molar-refractivity contribution is -0.139. The molecule has 2 amide bonds. The maximum Gasteiger partial charge on any atom is 0.338 e. The summed E-state index contributed by atoms with van der Waals surface area (Å²) in [5.41, 5.74) is 2.70. The van der Waals surface area contributed by atoms with Crippen LogP contribution >= 0.6 is 23.2 Å². The van der Waals surface area contributed by atoms with Crippen molar-refractivity contribution in [2.24, 2.45) is 0 Å². The zero-order valence-electron chi connectivity index (χ0n) is 18.0. The standard InChI is InChI=1S/C24H26Cl2N2O4/c1-3-5-6-20-21(23(29)31-4-2)22(28-24(30)27-20)16-8-10-17(11-9-16)32-14-15-7-12-18(25)19(26)13-15/h7-13,22H,3-6,14H2,1-2H3,(H2,27,28,30). The van der Waals surface area contributed by atoms with Gasteiger partial charge < -0.3 is 20.1 Å². The van der Waals surface area contributed by atoms with Crippen molar-refractivity contribution in [2.45, 2.75) is 45.8 Å². The molecule has 6 nitrogen and oxygen atoms in total. The summed E-state index contributed by atoms with van der Waals surface area (Å²) in [6.45, 7) is 4.40. The van der Waals surface area contributed by atoms with Crippen molar-refractivity contribution in [3.63, 3.8) is 0 Å². The second-order valence-electron chi connectivity index (χ2n) is 7.35.